The number of hydrogen-bond donors (Lipinski definition) is 1. The molecule has 1 unspecified atom stereocenters. The van der Waals surface area contributed by atoms with Gasteiger partial charge in [-0.25, -0.2) is 0 Å². The Balaban J connectivity index is 4.55. The van der Waals surface area contributed by atoms with Crippen molar-refractivity contribution in [1.29, 1.82) is 5.26 Å². The highest BCUT2D eigenvalue weighted by Crippen LogP contribution is 2.09. The fourth-order valence-corrected chi connectivity index (χ4v) is 2.17. The highest BCUT2D eigenvalue weighted by Gasteiger charge is 2.27. The van der Waals surface area contributed by atoms with Crippen molar-refractivity contribution in [1.82, 2.24) is 10.2 Å². The Hall–Kier alpha value is -0.630. The Labute approximate surface area is 112 Å². The van der Waals surface area contributed by atoms with Crippen LogP contribution in [0.15, 0.2) is 0 Å². The second kappa shape index (κ2) is 8.47. The lowest BCUT2D eigenvalue weighted by Gasteiger charge is -2.33. The van der Waals surface area contributed by atoms with E-state index in [4.69, 9.17) is 4.74 Å². The monoisotopic (exact) mass is 255 g/mol. The normalized spacial score (nSPS) is 15.1. The number of methoxy groups -OCH3 is 1. The molecule has 0 aliphatic heterocycles. The van der Waals surface area contributed by atoms with Crippen molar-refractivity contribution in [2.45, 2.75) is 46.2 Å². The molecule has 0 spiro atoms. The van der Waals surface area contributed by atoms with Gasteiger partial charge in [-0.3, -0.25) is 10.2 Å². The maximum atomic E-state index is 9.37. The molecule has 4 nitrogen and oxygen atoms in total. The first-order valence-electron chi connectivity index (χ1n) is 6.73. The molecule has 0 aromatic heterocycles. The third kappa shape index (κ3) is 7.65. The van der Waals surface area contributed by atoms with E-state index in [1.165, 1.54) is 0 Å². The minimum atomic E-state index is -0.503. The fourth-order valence-electron chi connectivity index (χ4n) is 2.17. The highest BCUT2D eigenvalue weighted by molar-refractivity contribution is 5.06. The summed E-state index contributed by atoms with van der Waals surface area (Å²) in [5.74, 6) is 0.587. The fraction of sp³-hybridized carbons (Fsp3) is 0.929. The summed E-state index contributed by atoms with van der Waals surface area (Å²) in [6.07, 6.45) is 0. The van der Waals surface area contributed by atoms with Crippen molar-refractivity contribution >= 4 is 0 Å². The number of nitrogens with zero attached hydrogens (tertiary/aromatic N) is 2. The van der Waals surface area contributed by atoms with Gasteiger partial charge >= 0.3 is 0 Å². The van der Waals surface area contributed by atoms with E-state index < -0.39 is 5.54 Å². The molecule has 18 heavy (non-hydrogen) atoms. The molecule has 0 aliphatic carbocycles. The Morgan fingerprint density at radius 2 is 1.94 bits per heavy atom. The standard InChI is InChI=1S/C14H29N3O/c1-12(2)9-17(7-8-18-6)11-14(5,10-15)16-13(3)4/h12-13,16H,7-9,11H2,1-6H3. The van der Waals surface area contributed by atoms with Crippen LogP contribution in [-0.4, -0.2) is 49.8 Å². The van der Waals surface area contributed by atoms with Crippen LogP contribution in [-0.2, 0) is 4.74 Å². The molecule has 4 heteroatoms. The van der Waals surface area contributed by atoms with Crippen LogP contribution in [0.4, 0.5) is 0 Å². The Bertz CT molecular complexity index is 260. The predicted octanol–water partition coefficient (Wildman–Crippen LogP) is 1.87. The average Bonchev–Trinajstić information content (AvgIpc) is 2.24. The smallest absolute Gasteiger partial charge is 0.116 e. The van der Waals surface area contributed by atoms with Gasteiger partial charge in [-0.2, -0.15) is 5.26 Å². The molecular weight excluding hydrogens is 226 g/mol. The van der Waals surface area contributed by atoms with Gasteiger partial charge in [-0.1, -0.05) is 13.8 Å². The van der Waals surface area contributed by atoms with Crippen LogP contribution in [0.5, 0.6) is 0 Å². The third-order valence-electron chi connectivity index (χ3n) is 2.63. The average molecular weight is 255 g/mol. The van der Waals surface area contributed by atoms with Crippen LogP contribution < -0.4 is 5.32 Å². The summed E-state index contributed by atoms with van der Waals surface area (Å²) in [4.78, 5) is 2.30. The molecule has 0 aliphatic rings. The second-order valence-electron chi connectivity index (χ2n) is 5.86. The molecule has 0 amide bonds. The lowest BCUT2D eigenvalue weighted by Crippen LogP contribution is -2.53. The molecule has 0 fully saturated rings. The summed E-state index contributed by atoms with van der Waals surface area (Å²) < 4.78 is 5.14. The molecule has 0 aromatic rings. The topological polar surface area (TPSA) is 48.3 Å². The molecule has 0 radical (unpaired) electrons. The zero-order valence-electron chi connectivity index (χ0n) is 12.8. The zero-order valence-corrected chi connectivity index (χ0v) is 12.8. The summed E-state index contributed by atoms with van der Waals surface area (Å²) in [5.41, 5.74) is -0.503. The van der Waals surface area contributed by atoms with Crippen LogP contribution in [0.2, 0.25) is 0 Å². The first-order valence-corrected chi connectivity index (χ1v) is 6.73. The lowest BCUT2D eigenvalue weighted by atomic mass is 10.0. The van der Waals surface area contributed by atoms with Crippen molar-refractivity contribution in [3.8, 4) is 6.07 Å². The molecule has 0 saturated carbocycles. The third-order valence-corrected chi connectivity index (χ3v) is 2.63. The summed E-state index contributed by atoms with van der Waals surface area (Å²) in [7, 11) is 1.71. The van der Waals surface area contributed by atoms with E-state index in [0.29, 0.717) is 18.6 Å². The van der Waals surface area contributed by atoms with Crippen molar-refractivity contribution in [3.63, 3.8) is 0 Å². The summed E-state index contributed by atoms with van der Waals surface area (Å²) in [6.45, 7) is 13.8. The minimum absolute atomic E-state index is 0.304. The molecule has 0 heterocycles. The van der Waals surface area contributed by atoms with E-state index in [0.717, 1.165) is 19.6 Å². The maximum absolute atomic E-state index is 9.37. The number of rotatable bonds is 9. The molecule has 1 N–H and O–H groups in total. The largest absolute Gasteiger partial charge is 0.383 e. The van der Waals surface area contributed by atoms with E-state index >= 15 is 0 Å². The molecular formula is C14H29N3O. The first kappa shape index (κ1) is 17.4. The second-order valence-corrected chi connectivity index (χ2v) is 5.86. The Kier molecular flexibility index (Phi) is 8.17. The Morgan fingerprint density at radius 3 is 2.33 bits per heavy atom. The molecule has 0 aromatic carbocycles. The molecule has 0 bridgehead atoms. The molecule has 0 rings (SSSR count). The van der Waals surface area contributed by atoms with Gasteiger partial charge < -0.3 is 4.74 Å². The zero-order chi connectivity index (χ0) is 14.2. The van der Waals surface area contributed by atoms with Crippen LogP contribution >= 0.6 is 0 Å². The van der Waals surface area contributed by atoms with Gasteiger partial charge in [0.1, 0.15) is 5.54 Å². The van der Waals surface area contributed by atoms with Gasteiger partial charge in [0.15, 0.2) is 0 Å². The lowest BCUT2D eigenvalue weighted by molar-refractivity contribution is 0.124. The maximum Gasteiger partial charge on any atom is 0.116 e. The van der Waals surface area contributed by atoms with E-state index in [-0.39, 0.29) is 0 Å². The molecule has 106 valence electrons. The van der Waals surface area contributed by atoms with Crippen molar-refractivity contribution in [3.05, 3.63) is 0 Å². The van der Waals surface area contributed by atoms with Gasteiger partial charge in [0.2, 0.25) is 0 Å². The number of nitriles is 1. The summed E-state index contributed by atoms with van der Waals surface area (Å²) in [6, 6.07) is 2.70. The minimum Gasteiger partial charge on any atom is -0.383 e. The molecule has 1 atom stereocenters. The van der Waals surface area contributed by atoms with Crippen molar-refractivity contribution in [2.75, 3.05) is 33.4 Å². The quantitative estimate of drug-likeness (QED) is 0.683. The number of hydrogen-bond acceptors (Lipinski definition) is 4. The van der Waals surface area contributed by atoms with Gasteiger partial charge in [-0.05, 0) is 26.7 Å². The van der Waals surface area contributed by atoms with Gasteiger partial charge in [-0.15, -0.1) is 0 Å². The highest BCUT2D eigenvalue weighted by atomic mass is 16.5. The van der Waals surface area contributed by atoms with E-state index in [1.807, 2.05) is 6.92 Å². The van der Waals surface area contributed by atoms with Crippen LogP contribution in [0.25, 0.3) is 0 Å². The SMILES string of the molecule is COCCN(CC(C)C)CC(C)(C#N)NC(C)C. The summed E-state index contributed by atoms with van der Waals surface area (Å²) >= 11 is 0. The van der Waals surface area contributed by atoms with E-state index in [2.05, 4.69) is 44.0 Å². The van der Waals surface area contributed by atoms with Crippen LogP contribution in [0.3, 0.4) is 0 Å². The first-order chi connectivity index (χ1) is 8.33. The van der Waals surface area contributed by atoms with Gasteiger partial charge in [0, 0.05) is 32.8 Å². The predicted molar refractivity (Wildman–Crippen MR) is 75.4 cm³/mol. The van der Waals surface area contributed by atoms with Gasteiger partial charge in [0.25, 0.3) is 0 Å². The van der Waals surface area contributed by atoms with Gasteiger partial charge in [0.05, 0.1) is 12.7 Å². The molecule has 0 saturated heterocycles. The number of ether oxygens (including phenoxy) is 1. The Morgan fingerprint density at radius 1 is 1.33 bits per heavy atom. The van der Waals surface area contributed by atoms with E-state index in [1.54, 1.807) is 7.11 Å². The number of nitrogens with one attached hydrogen (secondary N) is 1. The van der Waals surface area contributed by atoms with Crippen molar-refractivity contribution < 1.29 is 4.74 Å². The van der Waals surface area contributed by atoms with Crippen molar-refractivity contribution in [2.24, 2.45) is 5.92 Å². The van der Waals surface area contributed by atoms with Crippen LogP contribution in [0, 0.1) is 17.2 Å². The van der Waals surface area contributed by atoms with E-state index in [9.17, 15) is 5.26 Å². The summed E-state index contributed by atoms with van der Waals surface area (Å²) in [5, 5.41) is 12.7. The van der Waals surface area contributed by atoms with Crippen LogP contribution in [0.1, 0.15) is 34.6 Å².